The van der Waals surface area contributed by atoms with Crippen molar-refractivity contribution >= 4 is 27.0 Å². The van der Waals surface area contributed by atoms with E-state index in [4.69, 9.17) is 0 Å². The summed E-state index contributed by atoms with van der Waals surface area (Å²) in [5.74, 6) is -0.408. The molecule has 3 rings (SSSR count). The maximum absolute atomic E-state index is 12.6. The van der Waals surface area contributed by atoms with Gasteiger partial charge < -0.3 is 0 Å². The summed E-state index contributed by atoms with van der Waals surface area (Å²) in [4.78, 5) is 16.9. The smallest absolute Gasteiger partial charge is 0.267 e. The van der Waals surface area contributed by atoms with Gasteiger partial charge in [-0.05, 0) is 36.8 Å². The first-order valence-corrected chi connectivity index (χ1v) is 9.24. The van der Waals surface area contributed by atoms with Crippen LogP contribution >= 0.6 is 0 Å². The molecule has 7 nitrogen and oxygen atoms in total. The van der Waals surface area contributed by atoms with Gasteiger partial charge in [0.25, 0.3) is 5.91 Å². The molecule has 3 aromatic rings. The molecular formula is C17H18N4O3S. The standard InChI is InChI=1S/C17H18N4O3S/c1-3-19-25(23,24)13-9-8-12(2)14(10-13)17(22)20-21-11-18-15-6-4-5-7-16(15)21/h4-11,19H,3H2,1-2H3,(H,20,22). The van der Waals surface area contributed by atoms with Crippen LogP contribution in [0.1, 0.15) is 22.8 Å². The van der Waals surface area contributed by atoms with Crippen molar-refractivity contribution < 1.29 is 13.2 Å². The highest BCUT2D eigenvalue weighted by Crippen LogP contribution is 2.17. The maximum atomic E-state index is 12.6. The Morgan fingerprint density at radius 3 is 2.72 bits per heavy atom. The Hall–Kier alpha value is -2.71. The summed E-state index contributed by atoms with van der Waals surface area (Å²) >= 11 is 0. The van der Waals surface area contributed by atoms with E-state index < -0.39 is 15.9 Å². The van der Waals surface area contributed by atoms with Gasteiger partial charge in [0.05, 0.1) is 15.9 Å². The third-order valence-electron chi connectivity index (χ3n) is 3.77. The minimum atomic E-state index is -3.63. The first kappa shape index (κ1) is 17.1. The summed E-state index contributed by atoms with van der Waals surface area (Å²) in [5, 5.41) is 0. The van der Waals surface area contributed by atoms with Crippen molar-refractivity contribution in [1.29, 1.82) is 0 Å². The van der Waals surface area contributed by atoms with Gasteiger partial charge in [-0.25, -0.2) is 22.8 Å². The van der Waals surface area contributed by atoms with Gasteiger partial charge in [-0.15, -0.1) is 0 Å². The second kappa shape index (κ2) is 6.66. The van der Waals surface area contributed by atoms with Crippen LogP contribution in [0.25, 0.3) is 11.0 Å². The van der Waals surface area contributed by atoms with Gasteiger partial charge in [0.15, 0.2) is 0 Å². The number of carbonyl (C=O) groups excluding carboxylic acids is 1. The molecule has 0 aliphatic heterocycles. The average molecular weight is 358 g/mol. The zero-order valence-corrected chi connectivity index (χ0v) is 14.7. The van der Waals surface area contributed by atoms with Crippen LogP contribution < -0.4 is 10.1 Å². The average Bonchev–Trinajstić information content (AvgIpc) is 2.98. The minimum absolute atomic E-state index is 0.0561. The van der Waals surface area contributed by atoms with Crippen molar-refractivity contribution in [3.8, 4) is 0 Å². The van der Waals surface area contributed by atoms with Gasteiger partial charge in [-0.1, -0.05) is 25.1 Å². The first-order valence-electron chi connectivity index (χ1n) is 7.76. The number of para-hydroxylation sites is 2. The molecule has 0 unspecified atom stereocenters. The number of carbonyl (C=O) groups is 1. The maximum Gasteiger partial charge on any atom is 0.270 e. The van der Waals surface area contributed by atoms with Crippen LogP contribution in [-0.4, -0.2) is 30.5 Å². The fourth-order valence-electron chi connectivity index (χ4n) is 2.50. The van der Waals surface area contributed by atoms with Crippen LogP contribution in [0.3, 0.4) is 0 Å². The Bertz CT molecular complexity index is 1040. The molecule has 2 N–H and O–H groups in total. The third-order valence-corrected chi connectivity index (χ3v) is 5.32. The summed E-state index contributed by atoms with van der Waals surface area (Å²) in [7, 11) is -3.63. The van der Waals surface area contributed by atoms with E-state index in [0.717, 1.165) is 11.0 Å². The van der Waals surface area contributed by atoms with Crippen LogP contribution in [0.15, 0.2) is 53.7 Å². The number of nitrogens with zero attached hydrogens (tertiary/aromatic N) is 2. The molecule has 1 aromatic heterocycles. The van der Waals surface area contributed by atoms with E-state index in [1.54, 1.807) is 19.9 Å². The van der Waals surface area contributed by atoms with E-state index in [1.807, 2.05) is 24.3 Å². The highest BCUT2D eigenvalue weighted by atomic mass is 32.2. The lowest BCUT2D eigenvalue weighted by Crippen LogP contribution is -2.25. The Labute approximate surface area is 145 Å². The van der Waals surface area contributed by atoms with Gasteiger partial charge in [0.2, 0.25) is 10.0 Å². The van der Waals surface area contributed by atoms with Gasteiger partial charge >= 0.3 is 0 Å². The van der Waals surface area contributed by atoms with Crippen molar-refractivity contribution in [2.75, 3.05) is 12.0 Å². The van der Waals surface area contributed by atoms with E-state index in [1.165, 1.54) is 23.1 Å². The molecule has 25 heavy (non-hydrogen) atoms. The number of fused-ring (bicyclic) bond motifs is 1. The zero-order valence-electron chi connectivity index (χ0n) is 13.9. The van der Waals surface area contributed by atoms with Gasteiger partial charge in [-0.2, -0.15) is 0 Å². The van der Waals surface area contributed by atoms with Crippen molar-refractivity contribution in [3.05, 3.63) is 59.9 Å². The lowest BCUT2D eigenvalue weighted by atomic mass is 10.1. The number of aromatic nitrogens is 2. The molecule has 0 aliphatic rings. The molecule has 2 aromatic carbocycles. The van der Waals surface area contributed by atoms with E-state index in [2.05, 4.69) is 15.1 Å². The van der Waals surface area contributed by atoms with E-state index in [9.17, 15) is 13.2 Å². The number of sulfonamides is 1. The molecule has 0 fully saturated rings. The van der Waals surface area contributed by atoms with E-state index >= 15 is 0 Å². The lowest BCUT2D eigenvalue weighted by molar-refractivity contribution is 0.101. The monoisotopic (exact) mass is 358 g/mol. The van der Waals surface area contributed by atoms with E-state index in [0.29, 0.717) is 5.56 Å². The molecule has 0 bridgehead atoms. The second-order valence-corrected chi connectivity index (χ2v) is 7.29. The molecule has 130 valence electrons. The number of aryl methyl sites for hydroxylation is 1. The number of imidazole rings is 1. The predicted octanol–water partition coefficient (Wildman–Crippen LogP) is 2.03. The Morgan fingerprint density at radius 1 is 1.20 bits per heavy atom. The first-order chi connectivity index (χ1) is 11.9. The number of amides is 1. The van der Waals surface area contributed by atoms with Crippen LogP contribution in [0, 0.1) is 6.92 Å². The molecule has 1 heterocycles. The molecule has 0 saturated carbocycles. The number of hydrogen-bond donors (Lipinski definition) is 2. The van der Waals surface area contributed by atoms with Crippen molar-refractivity contribution in [2.45, 2.75) is 18.7 Å². The molecular weight excluding hydrogens is 340 g/mol. The molecule has 0 spiro atoms. The van der Waals surface area contributed by atoms with E-state index in [-0.39, 0.29) is 17.0 Å². The Morgan fingerprint density at radius 2 is 1.96 bits per heavy atom. The lowest BCUT2D eigenvalue weighted by Gasteiger charge is -2.11. The van der Waals surface area contributed by atoms with Gasteiger partial charge in [0, 0.05) is 12.1 Å². The van der Waals surface area contributed by atoms with Crippen molar-refractivity contribution in [2.24, 2.45) is 0 Å². The van der Waals surface area contributed by atoms with Gasteiger partial charge in [-0.3, -0.25) is 10.2 Å². The van der Waals surface area contributed by atoms with Crippen LogP contribution in [0.5, 0.6) is 0 Å². The third kappa shape index (κ3) is 3.40. The number of nitrogens with one attached hydrogen (secondary N) is 2. The highest BCUT2D eigenvalue weighted by Gasteiger charge is 2.18. The molecule has 1 amide bonds. The fourth-order valence-corrected chi connectivity index (χ4v) is 3.57. The number of rotatable bonds is 5. The normalized spacial score (nSPS) is 11.6. The Balaban J connectivity index is 1.94. The molecule has 0 radical (unpaired) electrons. The SMILES string of the molecule is CCNS(=O)(=O)c1ccc(C)c(C(=O)Nn2cnc3ccccc32)c1. The van der Waals surface area contributed by atoms with Crippen LogP contribution in [-0.2, 0) is 10.0 Å². The fraction of sp³-hybridized carbons (Fsp3) is 0.176. The van der Waals surface area contributed by atoms with Gasteiger partial charge in [0.1, 0.15) is 6.33 Å². The topological polar surface area (TPSA) is 93.1 Å². The molecule has 8 heteroatoms. The summed E-state index contributed by atoms with van der Waals surface area (Å²) < 4.78 is 28.2. The van der Waals surface area contributed by atoms with Crippen molar-refractivity contribution in [1.82, 2.24) is 14.4 Å². The summed E-state index contributed by atoms with van der Waals surface area (Å²) in [6.45, 7) is 3.73. The zero-order chi connectivity index (χ0) is 18.0. The second-order valence-electron chi connectivity index (χ2n) is 5.52. The molecule has 0 saturated heterocycles. The Kier molecular flexibility index (Phi) is 4.56. The quantitative estimate of drug-likeness (QED) is 0.730. The molecule has 0 aliphatic carbocycles. The van der Waals surface area contributed by atoms with Crippen molar-refractivity contribution in [3.63, 3.8) is 0 Å². The minimum Gasteiger partial charge on any atom is -0.267 e. The summed E-state index contributed by atoms with van der Waals surface area (Å²) in [5.41, 5.74) is 5.21. The highest BCUT2D eigenvalue weighted by molar-refractivity contribution is 7.89. The summed E-state index contributed by atoms with van der Waals surface area (Å²) in [6, 6.07) is 11.9. The van der Waals surface area contributed by atoms with Crippen LogP contribution in [0.4, 0.5) is 0 Å². The predicted molar refractivity (Wildman–Crippen MR) is 95.5 cm³/mol. The van der Waals surface area contributed by atoms with Crippen LogP contribution in [0.2, 0.25) is 0 Å². The molecule has 0 atom stereocenters. The largest absolute Gasteiger partial charge is 0.270 e. The number of hydrogen-bond acceptors (Lipinski definition) is 4. The number of benzene rings is 2. The summed E-state index contributed by atoms with van der Waals surface area (Å²) in [6.07, 6.45) is 1.51.